The Hall–Kier alpha value is -0.150. The van der Waals surface area contributed by atoms with E-state index in [1.807, 2.05) is 6.07 Å². The van der Waals surface area contributed by atoms with Crippen molar-refractivity contribution in [2.75, 3.05) is 0 Å². The van der Waals surface area contributed by atoms with E-state index in [2.05, 4.69) is 0 Å². The van der Waals surface area contributed by atoms with Crippen molar-refractivity contribution in [2.24, 2.45) is 5.73 Å². The van der Waals surface area contributed by atoms with Crippen molar-refractivity contribution in [3.05, 3.63) is 54.9 Å². The van der Waals surface area contributed by atoms with Crippen LogP contribution in [0.5, 0.6) is 0 Å². The molecular weight excluding hydrogens is 347 g/mol. The Bertz CT molecular complexity index is 613. The zero-order valence-corrected chi connectivity index (χ0v) is 13.3. The molecule has 0 amide bonds. The summed E-state index contributed by atoms with van der Waals surface area (Å²) in [6.45, 7) is 0.323. The lowest BCUT2D eigenvalue weighted by atomic mass is 9.99. The van der Waals surface area contributed by atoms with Crippen molar-refractivity contribution >= 4 is 58.0 Å². The molecule has 0 unspecified atom stereocenters. The average molecular weight is 355 g/mol. The Morgan fingerprint density at radius 1 is 0.842 bits per heavy atom. The van der Waals surface area contributed by atoms with Crippen LogP contribution < -0.4 is 5.73 Å². The summed E-state index contributed by atoms with van der Waals surface area (Å²) in [5, 5.41) is 1.86. The van der Waals surface area contributed by atoms with Crippen LogP contribution in [0.15, 0.2) is 24.3 Å². The van der Waals surface area contributed by atoms with Crippen LogP contribution in [0.1, 0.15) is 5.56 Å². The van der Waals surface area contributed by atoms with Crippen LogP contribution in [-0.2, 0) is 6.54 Å². The quantitative estimate of drug-likeness (QED) is 0.649. The van der Waals surface area contributed by atoms with E-state index >= 15 is 0 Å². The van der Waals surface area contributed by atoms with Gasteiger partial charge in [-0.25, -0.2) is 0 Å². The number of nitrogens with two attached hydrogens (primary N) is 1. The molecular formula is C13H8Cl5N. The van der Waals surface area contributed by atoms with Gasteiger partial charge in [0.2, 0.25) is 0 Å². The smallest absolute Gasteiger partial charge is 0.0686 e. The van der Waals surface area contributed by atoms with Gasteiger partial charge in [0.25, 0.3) is 0 Å². The number of halogens is 5. The van der Waals surface area contributed by atoms with Crippen LogP contribution in [0, 0.1) is 0 Å². The van der Waals surface area contributed by atoms with E-state index in [-0.39, 0.29) is 0 Å². The maximum atomic E-state index is 6.23. The maximum absolute atomic E-state index is 6.23. The van der Waals surface area contributed by atoms with Gasteiger partial charge < -0.3 is 5.73 Å². The van der Waals surface area contributed by atoms with E-state index in [9.17, 15) is 0 Å². The van der Waals surface area contributed by atoms with Gasteiger partial charge in [0.1, 0.15) is 0 Å². The molecule has 0 aliphatic carbocycles. The van der Waals surface area contributed by atoms with E-state index in [0.717, 1.165) is 11.1 Å². The Morgan fingerprint density at radius 3 is 1.95 bits per heavy atom. The first kappa shape index (κ1) is 15.2. The molecule has 100 valence electrons. The van der Waals surface area contributed by atoms with Gasteiger partial charge in [-0.15, -0.1) is 0 Å². The van der Waals surface area contributed by atoms with Gasteiger partial charge in [-0.3, -0.25) is 0 Å². The molecule has 2 N–H and O–H groups in total. The first-order chi connectivity index (χ1) is 8.95. The first-order valence-electron chi connectivity index (χ1n) is 5.27. The second kappa shape index (κ2) is 6.09. The van der Waals surface area contributed by atoms with Gasteiger partial charge in [0, 0.05) is 17.1 Å². The Kier molecular flexibility index (Phi) is 4.88. The maximum Gasteiger partial charge on any atom is 0.0686 e. The van der Waals surface area contributed by atoms with Crippen molar-refractivity contribution in [3.63, 3.8) is 0 Å². The van der Waals surface area contributed by atoms with Crippen LogP contribution in [0.4, 0.5) is 0 Å². The second-order valence-corrected chi connectivity index (χ2v) is 5.86. The minimum Gasteiger partial charge on any atom is -0.326 e. The standard InChI is InChI=1S/C13H8Cl5N/c14-7-2-1-6(5-19)8(3-7)11-12(17)9(15)4-10(16)13(11)18/h1-4H,5,19H2. The third-order valence-electron chi connectivity index (χ3n) is 2.67. The van der Waals surface area contributed by atoms with Crippen molar-refractivity contribution in [1.29, 1.82) is 0 Å². The fraction of sp³-hybridized carbons (Fsp3) is 0.0769. The van der Waals surface area contributed by atoms with E-state index in [4.69, 9.17) is 63.7 Å². The van der Waals surface area contributed by atoms with Crippen molar-refractivity contribution in [2.45, 2.75) is 6.54 Å². The predicted octanol–water partition coefficient (Wildman–Crippen LogP) is 6.08. The number of rotatable bonds is 2. The second-order valence-electron chi connectivity index (χ2n) is 3.85. The lowest BCUT2D eigenvalue weighted by Gasteiger charge is -2.14. The third-order valence-corrected chi connectivity index (χ3v) is 4.48. The molecule has 0 spiro atoms. The number of benzene rings is 2. The summed E-state index contributed by atoms with van der Waals surface area (Å²) < 4.78 is 0. The van der Waals surface area contributed by atoms with Gasteiger partial charge in [-0.05, 0) is 29.3 Å². The van der Waals surface area contributed by atoms with Gasteiger partial charge >= 0.3 is 0 Å². The number of hydrogen-bond donors (Lipinski definition) is 1. The van der Waals surface area contributed by atoms with Crippen molar-refractivity contribution in [3.8, 4) is 11.1 Å². The van der Waals surface area contributed by atoms with E-state index in [1.54, 1.807) is 12.1 Å². The highest BCUT2D eigenvalue weighted by atomic mass is 35.5. The van der Waals surface area contributed by atoms with Gasteiger partial charge in [-0.1, -0.05) is 64.1 Å². The van der Waals surface area contributed by atoms with Gasteiger partial charge in [-0.2, -0.15) is 0 Å². The van der Waals surface area contributed by atoms with Gasteiger partial charge in [0.05, 0.1) is 20.1 Å². The SMILES string of the molecule is NCc1ccc(Cl)cc1-c1c(Cl)c(Cl)cc(Cl)c1Cl. The highest BCUT2D eigenvalue weighted by Crippen LogP contribution is 2.44. The predicted molar refractivity (Wildman–Crippen MR) is 84.8 cm³/mol. The molecule has 0 bridgehead atoms. The van der Waals surface area contributed by atoms with Crippen LogP contribution in [-0.4, -0.2) is 0 Å². The summed E-state index contributed by atoms with van der Waals surface area (Å²) in [5.41, 5.74) is 7.85. The summed E-state index contributed by atoms with van der Waals surface area (Å²) in [6, 6.07) is 6.81. The molecule has 0 saturated carbocycles. The minimum absolute atomic E-state index is 0.323. The fourth-order valence-corrected chi connectivity index (χ4v) is 2.95. The molecule has 0 saturated heterocycles. The molecule has 2 aromatic carbocycles. The topological polar surface area (TPSA) is 26.0 Å². The van der Waals surface area contributed by atoms with Crippen LogP contribution >= 0.6 is 58.0 Å². The van der Waals surface area contributed by atoms with Crippen LogP contribution in [0.25, 0.3) is 11.1 Å². The summed E-state index contributed by atoms with van der Waals surface area (Å²) in [4.78, 5) is 0. The molecule has 0 aliphatic heterocycles. The van der Waals surface area contributed by atoms with Crippen molar-refractivity contribution in [1.82, 2.24) is 0 Å². The summed E-state index contributed by atoms with van der Waals surface area (Å²) in [7, 11) is 0. The molecule has 2 aromatic rings. The molecule has 2 rings (SSSR count). The summed E-state index contributed by atoms with van der Waals surface area (Å²) in [6.07, 6.45) is 0. The lowest BCUT2D eigenvalue weighted by molar-refractivity contribution is 1.07. The fourth-order valence-electron chi connectivity index (χ4n) is 1.77. The minimum atomic E-state index is 0.323. The molecule has 6 heteroatoms. The van der Waals surface area contributed by atoms with Crippen LogP contribution in [0.3, 0.4) is 0 Å². The Labute approximate surface area is 136 Å². The molecule has 0 heterocycles. The monoisotopic (exact) mass is 353 g/mol. The zero-order valence-electron chi connectivity index (χ0n) is 9.48. The van der Waals surface area contributed by atoms with Crippen molar-refractivity contribution < 1.29 is 0 Å². The van der Waals surface area contributed by atoms with Crippen LogP contribution in [0.2, 0.25) is 25.1 Å². The Morgan fingerprint density at radius 2 is 1.42 bits per heavy atom. The van der Waals surface area contributed by atoms with E-state index in [0.29, 0.717) is 37.2 Å². The van der Waals surface area contributed by atoms with Gasteiger partial charge in [0.15, 0.2) is 0 Å². The summed E-state index contributed by atoms with van der Waals surface area (Å²) >= 11 is 30.5. The highest BCUT2D eigenvalue weighted by molar-refractivity contribution is 6.50. The molecule has 0 aliphatic rings. The molecule has 1 nitrogen and oxygen atoms in total. The number of hydrogen-bond acceptors (Lipinski definition) is 1. The first-order valence-corrected chi connectivity index (χ1v) is 7.16. The summed E-state index contributed by atoms with van der Waals surface area (Å²) in [5.74, 6) is 0. The van der Waals surface area contributed by atoms with E-state index in [1.165, 1.54) is 6.07 Å². The molecule has 0 fully saturated rings. The molecule has 0 radical (unpaired) electrons. The molecule has 0 atom stereocenters. The zero-order chi connectivity index (χ0) is 14.2. The normalized spacial score (nSPS) is 10.8. The molecule has 0 aromatic heterocycles. The Balaban J connectivity index is 2.82. The molecule has 19 heavy (non-hydrogen) atoms. The largest absolute Gasteiger partial charge is 0.326 e. The average Bonchev–Trinajstić information content (AvgIpc) is 2.37. The highest BCUT2D eigenvalue weighted by Gasteiger charge is 2.18. The van der Waals surface area contributed by atoms with E-state index < -0.39 is 0 Å². The third kappa shape index (κ3) is 2.97. The lowest BCUT2D eigenvalue weighted by Crippen LogP contribution is -1.99.